The highest BCUT2D eigenvalue weighted by Crippen LogP contribution is 2.22. The quantitative estimate of drug-likeness (QED) is 0.774. The topological polar surface area (TPSA) is 62.1 Å². The van der Waals surface area contributed by atoms with Crippen molar-refractivity contribution >= 4 is 0 Å². The van der Waals surface area contributed by atoms with E-state index in [1.54, 1.807) is 12.1 Å². The molecule has 1 heterocycles. The minimum absolute atomic E-state index is 0.274. The fourth-order valence-corrected chi connectivity index (χ4v) is 1.92. The van der Waals surface area contributed by atoms with Crippen LogP contribution in [0.15, 0.2) is 24.3 Å². The van der Waals surface area contributed by atoms with E-state index in [2.05, 4.69) is 11.4 Å². The van der Waals surface area contributed by atoms with Crippen molar-refractivity contribution in [1.29, 1.82) is 5.26 Å². The molecule has 1 fully saturated rings. The normalized spacial score (nSPS) is 26.3. The minimum Gasteiger partial charge on any atom is -0.784 e. The summed E-state index contributed by atoms with van der Waals surface area (Å²) in [7, 11) is 0. The van der Waals surface area contributed by atoms with E-state index in [0.717, 1.165) is 17.2 Å². The average molecular weight is 216 g/mol. The number of nitriles is 1. The van der Waals surface area contributed by atoms with E-state index in [1.807, 2.05) is 19.1 Å². The molecule has 1 aromatic carbocycles. The Morgan fingerprint density at radius 1 is 1.44 bits per heavy atom. The van der Waals surface area contributed by atoms with Gasteiger partial charge in [-0.1, -0.05) is 19.1 Å². The predicted octanol–water partition coefficient (Wildman–Crippen LogP) is 1.60. The SMILES string of the molecule is CC1CNC(c2ccc(C#N)cc2)N([O-])C1. The Hall–Kier alpha value is -1.41. The van der Waals surface area contributed by atoms with Crippen molar-refractivity contribution in [2.75, 3.05) is 13.1 Å². The van der Waals surface area contributed by atoms with Crippen molar-refractivity contribution in [2.24, 2.45) is 5.92 Å². The molecule has 84 valence electrons. The maximum atomic E-state index is 11.7. The minimum atomic E-state index is -0.274. The summed E-state index contributed by atoms with van der Waals surface area (Å²) in [5, 5.41) is 24.7. The van der Waals surface area contributed by atoms with E-state index in [1.165, 1.54) is 0 Å². The standard InChI is InChI=1S/C12H14N3O/c1-9-7-14-12(15(16)8-9)11-4-2-10(6-13)3-5-11/h2-5,9,12,14H,7-8H2,1H3/q-1. The largest absolute Gasteiger partial charge is 0.784 e. The van der Waals surface area contributed by atoms with Gasteiger partial charge < -0.3 is 10.3 Å². The molecular formula is C12H14N3O-. The maximum Gasteiger partial charge on any atom is 0.0991 e. The number of benzene rings is 1. The highest BCUT2D eigenvalue weighted by molar-refractivity contribution is 5.32. The molecule has 0 aliphatic carbocycles. The second kappa shape index (κ2) is 4.62. The Morgan fingerprint density at radius 3 is 2.69 bits per heavy atom. The van der Waals surface area contributed by atoms with Crippen LogP contribution in [0.1, 0.15) is 24.2 Å². The third-order valence-electron chi connectivity index (χ3n) is 2.79. The van der Waals surface area contributed by atoms with Gasteiger partial charge in [0.05, 0.1) is 17.8 Å². The highest BCUT2D eigenvalue weighted by atomic mass is 16.5. The maximum absolute atomic E-state index is 11.7. The summed E-state index contributed by atoms with van der Waals surface area (Å²) in [6, 6.07) is 9.20. The van der Waals surface area contributed by atoms with Crippen molar-refractivity contribution in [3.63, 3.8) is 0 Å². The number of hydroxylamine groups is 2. The summed E-state index contributed by atoms with van der Waals surface area (Å²) >= 11 is 0. The van der Waals surface area contributed by atoms with Crippen LogP contribution in [-0.2, 0) is 0 Å². The van der Waals surface area contributed by atoms with Gasteiger partial charge in [-0.05, 0) is 30.2 Å². The lowest BCUT2D eigenvalue weighted by Gasteiger charge is -2.44. The molecular weight excluding hydrogens is 202 g/mol. The van der Waals surface area contributed by atoms with Crippen LogP contribution in [0.2, 0.25) is 0 Å². The highest BCUT2D eigenvalue weighted by Gasteiger charge is 2.20. The first kappa shape index (κ1) is 11.1. The third kappa shape index (κ3) is 2.22. The third-order valence-corrected chi connectivity index (χ3v) is 2.79. The predicted molar refractivity (Wildman–Crippen MR) is 61.1 cm³/mol. The molecule has 1 aliphatic rings. The molecule has 0 saturated carbocycles. The van der Waals surface area contributed by atoms with E-state index >= 15 is 0 Å². The van der Waals surface area contributed by atoms with Gasteiger partial charge in [0, 0.05) is 6.54 Å². The Bertz CT molecular complexity index is 396. The van der Waals surface area contributed by atoms with Crippen molar-refractivity contribution in [2.45, 2.75) is 13.1 Å². The molecule has 2 rings (SSSR count). The van der Waals surface area contributed by atoms with E-state index in [4.69, 9.17) is 5.26 Å². The van der Waals surface area contributed by atoms with Crippen LogP contribution >= 0.6 is 0 Å². The zero-order valence-electron chi connectivity index (χ0n) is 9.18. The first-order chi connectivity index (χ1) is 7.70. The molecule has 0 bridgehead atoms. The van der Waals surface area contributed by atoms with Gasteiger partial charge in [0.15, 0.2) is 0 Å². The van der Waals surface area contributed by atoms with Gasteiger partial charge in [0.1, 0.15) is 0 Å². The molecule has 0 radical (unpaired) electrons. The molecule has 2 unspecified atom stereocenters. The van der Waals surface area contributed by atoms with E-state index in [0.29, 0.717) is 18.0 Å². The summed E-state index contributed by atoms with van der Waals surface area (Å²) in [6.07, 6.45) is -0.274. The first-order valence-electron chi connectivity index (χ1n) is 5.38. The fraction of sp³-hybridized carbons (Fsp3) is 0.417. The van der Waals surface area contributed by atoms with Gasteiger partial charge in [-0.2, -0.15) is 5.26 Å². The zero-order valence-corrected chi connectivity index (χ0v) is 9.18. The molecule has 1 saturated heterocycles. The van der Waals surface area contributed by atoms with Gasteiger partial charge in [0.25, 0.3) is 0 Å². The van der Waals surface area contributed by atoms with Crippen LogP contribution in [0, 0.1) is 22.5 Å². The van der Waals surface area contributed by atoms with Gasteiger partial charge in [-0.15, -0.1) is 0 Å². The van der Waals surface area contributed by atoms with Crippen LogP contribution in [0.4, 0.5) is 0 Å². The lowest BCUT2D eigenvalue weighted by atomic mass is 10.0. The van der Waals surface area contributed by atoms with E-state index in [9.17, 15) is 5.21 Å². The molecule has 0 aromatic heterocycles. The van der Waals surface area contributed by atoms with E-state index in [-0.39, 0.29) is 6.17 Å². The molecule has 0 amide bonds. The monoisotopic (exact) mass is 216 g/mol. The molecule has 1 N–H and O–H groups in total. The molecule has 2 atom stereocenters. The van der Waals surface area contributed by atoms with Crippen LogP contribution in [0.3, 0.4) is 0 Å². The Kier molecular flexibility index (Phi) is 3.20. The number of nitrogens with zero attached hydrogens (tertiary/aromatic N) is 2. The molecule has 4 heteroatoms. The van der Waals surface area contributed by atoms with Crippen molar-refractivity contribution in [1.82, 2.24) is 10.4 Å². The number of nitrogens with one attached hydrogen (secondary N) is 1. The van der Waals surface area contributed by atoms with Crippen molar-refractivity contribution in [3.05, 3.63) is 40.6 Å². The second-order valence-corrected chi connectivity index (χ2v) is 4.25. The van der Waals surface area contributed by atoms with Crippen LogP contribution in [0.5, 0.6) is 0 Å². The molecule has 0 spiro atoms. The summed E-state index contributed by atoms with van der Waals surface area (Å²) in [4.78, 5) is 0. The van der Waals surface area contributed by atoms with Crippen LogP contribution in [-0.4, -0.2) is 18.2 Å². The number of rotatable bonds is 1. The molecule has 4 nitrogen and oxygen atoms in total. The smallest absolute Gasteiger partial charge is 0.0991 e. The van der Waals surface area contributed by atoms with Crippen LogP contribution < -0.4 is 5.32 Å². The summed E-state index contributed by atoms with van der Waals surface area (Å²) in [5.74, 6) is 0.382. The van der Waals surface area contributed by atoms with E-state index < -0.39 is 0 Å². The Morgan fingerprint density at radius 2 is 2.12 bits per heavy atom. The van der Waals surface area contributed by atoms with Gasteiger partial charge >= 0.3 is 0 Å². The summed E-state index contributed by atoms with van der Waals surface area (Å²) in [6.45, 7) is 3.45. The molecule has 1 aromatic rings. The summed E-state index contributed by atoms with van der Waals surface area (Å²) < 4.78 is 0. The number of hydrogen-bond acceptors (Lipinski definition) is 4. The average Bonchev–Trinajstić information content (AvgIpc) is 2.29. The van der Waals surface area contributed by atoms with Gasteiger partial charge in [-0.25, -0.2) is 0 Å². The fourth-order valence-electron chi connectivity index (χ4n) is 1.92. The first-order valence-corrected chi connectivity index (χ1v) is 5.38. The zero-order chi connectivity index (χ0) is 11.5. The summed E-state index contributed by atoms with van der Waals surface area (Å²) in [5.41, 5.74) is 1.53. The lowest BCUT2D eigenvalue weighted by molar-refractivity contribution is 0.155. The van der Waals surface area contributed by atoms with Gasteiger partial charge in [-0.3, -0.25) is 5.32 Å². The van der Waals surface area contributed by atoms with Crippen molar-refractivity contribution < 1.29 is 0 Å². The van der Waals surface area contributed by atoms with Gasteiger partial charge in [0.2, 0.25) is 0 Å². The Labute approximate surface area is 95.1 Å². The Balaban J connectivity index is 2.14. The molecule has 1 aliphatic heterocycles. The molecule has 16 heavy (non-hydrogen) atoms. The lowest BCUT2D eigenvalue weighted by Crippen LogP contribution is -2.45. The second-order valence-electron chi connectivity index (χ2n) is 4.25. The van der Waals surface area contributed by atoms with Crippen molar-refractivity contribution in [3.8, 4) is 6.07 Å². The van der Waals surface area contributed by atoms with Crippen LogP contribution in [0.25, 0.3) is 0 Å². The number of hydrogen-bond donors (Lipinski definition) is 1.